The summed E-state index contributed by atoms with van der Waals surface area (Å²) in [5.74, 6) is 0.520. The number of nitrogens with zero attached hydrogens (tertiary/aromatic N) is 2. The van der Waals surface area contributed by atoms with Crippen molar-refractivity contribution in [2.75, 3.05) is 11.1 Å². The molecule has 7 heteroatoms. The molecule has 0 bridgehead atoms. The second kappa shape index (κ2) is 7.63. The summed E-state index contributed by atoms with van der Waals surface area (Å²) in [6, 6.07) is 15.2. The highest BCUT2D eigenvalue weighted by Crippen LogP contribution is 2.24. The largest absolute Gasteiger partial charge is 0.411 e. The van der Waals surface area contributed by atoms with Crippen LogP contribution in [0.25, 0.3) is 11.5 Å². The Kier molecular flexibility index (Phi) is 5.32. The lowest BCUT2D eigenvalue weighted by molar-refractivity contribution is -0.113. The van der Waals surface area contributed by atoms with Gasteiger partial charge in [-0.15, -0.1) is 10.2 Å². The predicted molar refractivity (Wildman–Crippen MR) is 98.0 cm³/mol. The lowest BCUT2D eigenvalue weighted by Crippen LogP contribution is -2.13. The summed E-state index contributed by atoms with van der Waals surface area (Å²) in [7, 11) is 0. The van der Waals surface area contributed by atoms with Gasteiger partial charge in [-0.1, -0.05) is 45.4 Å². The second-order valence-corrected chi connectivity index (χ2v) is 6.93. The first-order valence-corrected chi connectivity index (χ1v) is 8.97. The van der Waals surface area contributed by atoms with E-state index >= 15 is 0 Å². The van der Waals surface area contributed by atoms with Crippen molar-refractivity contribution in [3.05, 3.63) is 58.6 Å². The molecule has 1 N–H and O–H groups in total. The molecule has 0 saturated carbocycles. The van der Waals surface area contributed by atoms with E-state index in [1.165, 1.54) is 11.8 Å². The van der Waals surface area contributed by atoms with E-state index in [1.807, 2.05) is 55.5 Å². The van der Waals surface area contributed by atoms with Crippen molar-refractivity contribution in [1.29, 1.82) is 0 Å². The van der Waals surface area contributed by atoms with Crippen LogP contribution < -0.4 is 5.32 Å². The smallest absolute Gasteiger partial charge is 0.277 e. The minimum Gasteiger partial charge on any atom is -0.411 e. The predicted octanol–water partition coefficient (Wildman–Crippen LogP) is 4.54. The number of thioether (sulfide) groups is 1. The van der Waals surface area contributed by atoms with Crippen molar-refractivity contribution in [2.45, 2.75) is 12.1 Å². The number of rotatable bonds is 5. The molecular weight excluding hydrogens is 390 g/mol. The van der Waals surface area contributed by atoms with Gasteiger partial charge in [-0.3, -0.25) is 4.79 Å². The summed E-state index contributed by atoms with van der Waals surface area (Å²) in [4.78, 5) is 12.0. The van der Waals surface area contributed by atoms with E-state index in [2.05, 4.69) is 31.4 Å². The highest BCUT2D eigenvalue weighted by Gasteiger charge is 2.11. The summed E-state index contributed by atoms with van der Waals surface area (Å²) in [6.45, 7) is 2.00. The molecule has 0 aliphatic rings. The topological polar surface area (TPSA) is 68.0 Å². The molecule has 5 nitrogen and oxygen atoms in total. The average Bonchev–Trinajstić information content (AvgIpc) is 3.05. The number of aromatic nitrogens is 2. The number of nitrogens with one attached hydrogen (secondary N) is 1. The zero-order chi connectivity index (χ0) is 16.9. The molecule has 3 aromatic rings. The molecule has 2 aromatic carbocycles. The third kappa shape index (κ3) is 4.46. The quantitative estimate of drug-likeness (QED) is 0.633. The maximum absolute atomic E-state index is 12.0. The number of aryl methyl sites for hydroxylation is 1. The van der Waals surface area contributed by atoms with Crippen molar-refractivity contribution < 1.29 is 9.21 Å². The minimum absolute atomic E-state index is 0.118. The summed E-state index contributed by atoms with van der Waals surface area (Å²) in [5, 5.41) is 11.2. The third-order valence-electron chi connectivity index (χ3n) is 3.16. The lowest BCUT2D eigenvalue weighted by Gasteiger charge is -2.04. The van der Waals surface area contributed by atoms with Crippen LogP contribution in [0.4, 0.5) is 5.69 Å². The molecule has 0 saturated heterocycles. The molecule has 0 aliphatic heterocycles. The molecule has 0 atom stereocenters. The van der Waals surface area contributed by atoms with E-state index in [4.69, 9.17) is 4.42 Å². The Bertz CT molecular complexity index is 832. The van der Waals surface area contributed by atoms with Crippen molar-refractivity contribution in [2.24, 2.45) is 0 Å². The number of halogens is 1. The number of hydrogen-bond acceptors (Lipinski definition) is 5. The molecule has 0 unspecified atom stereocenters. The van der Waals surface area contributed by atoms with Crippen LogP contribution in [0.2, 0.25) is 0 Å². The molecule has 0 radical (unpaired) electrons. The summed E-state index contributed by atoms with van der Waals surface area (Å²) < 4.78 is 6.55. The maximum atomic E-state index is 12.0. The first-order chi connectivity index (χ1) is 11.6. The fraction of sp³-hybridized carbons (Fsp3) is 0.118. The fourth-order valence-corrected chi connectivity index (χ4v) is 2.77. The van der Waals surface area contributed by atoms with Crippen molar-refractivity contribution in [1.82, 2.24) is 10.2 Å². The molecule has 0 aliphatic carbocycles. The number of benzene rings is 2. The van der Waals surface area contributed by atoms with Crippen molar-refractivity contribution >= 4 is 39.3 Å². The van der Waals surface area contributed by atoms with Gasteiger partial charge in [0.2, 0.25) is 11.8 Å². The molecule has 0 fully saturated rings. The van der Waals surface area contributed by atoms with E-state index in [9.17, 15) is 4.79 Å². The highest BCUT2D eigenvalue weighted by molar-refractivity contribution is 9.10. The Morgan fingerprint density at radius 3 is 2.54 bits per heavy atom. The number of anilines is 1. The average molecular weight is 404 g/mol. The Hall–Kier alpha value is -2.12. The van der Waals surface area contributed by atoms with E-state index in [0.29, 0.717) is 11.1 Å². The SMILES string of the molecule is Cc1ccc(NC(=O)CSc2nnc(-c3ccc(Br)cc3)o2)cc1. The van der Waals surface area contributed by atoms with Crippen molar-refractivity contribution in [3.63, 3.8) is 0 Å². The van der Waals surface area contributed by atoms with Gasteiger partial charge in [0.25, 0.3) is 5.22 Å². The Balaban J connectivity index is 1.56. The number of hydrogen-bond donors (Lipinski definition) is 1. The van der Waals surface area contributed by atoms with Crippen LogP contribution in [-0.4, -0.2) is 21.9 Å². The molecule has 1 amide bonds. The fourth-order valence-electron chi connectivity index (χ4n) is 1.94. The lowest BCUT2D eigenvalue weighted by atomic mass is 10.2. The molecule has 122 valence electrons. The Labute approximate surface area is 152 Å². The van der Waals surface area contributed by atoms with Gasteiger partial charge in [0.1, 0.15) is 0 Å². The summed E-state index contributed by atoms with van der Waals surface area (Å²) in [6.07, 6.45) is 0. The van der Waals surface area contributed by atoms with E-state index in [-0.39, 0.29) is 11.7 Å². The van der Waals surface area contributed by atoms with Crippen LogP contribution in [0, 0.1) is 6.92 Å². The summed E-state index contributed by atoms with van der Waals surface area (Å²) in [5.41, 5.74) is 2.75. The van der Waals surface area contributed by atoms with Crippen molar-refractivity contribution in [3.8, 4) is 11.5 Å². The van der Waals surface area contributed by atoms with E-state index < -0.39 is 0 Å². The second-order valence-electron chi connectivity index (χ2n) is 5.08. The molecule has 24 heavy (non-hydrogen) atoms. The third-order valence-corrected chi connectivity index (χ3v) is 4.51. The molecular formula is C17H14BrN3O2S. The summed E-state index contributed by atoms with van der Waals surface area (Å²) >= 11 is 4.59. The van der Waals surface area contributed by atoms with E-state index in [1.54, 1.807) is 0 Å². The normalized spacial score (nSPS) is 10.6. The first kappa shape index (κ1) is 16.7. The van der Waals surface area contributed by atoms with Gasteiger partial charge < -0.3 is 9.73 Å². The highest BCUT2D eigenvalue weighted by atomic mass is 79.9. The Morgan fingerprint density at radius 2 is 1.83 bits per heavy atom. The van der Waals surface area contributed by atoms with E-state index in [0.717, 1.165) is 21.3 Å². The monoisotopic (exact) mass is 403 g/mol. The van der Waals surface area contributed by atoms with Crippen LogP contribution in [0.5, 0.6) is 0 Å². The van der Waals surface area contributed by atoms with Crippen LogP contribution in [0.15, 0.2) is 62.6 Å². The van der Waals surface area contributed by atoms with Crippen LogP contribution in [0.1, 0.15) is 5.56 Å². The zero-order valence-electron chi connectivity index (χ0n) is 12.8. The molecule has 1 heterocycles. The first-order valence-electron chi connectivity index (χ1n) is 7.19. The van der Waals surface area contributed by atoms with Gasteiger partial charge in [-0.05, 0) is 43.3 Å². The minimum atomic E-state index is -0.118. The standard InChI is InChI=1S/C17H14BrN3O2S/c1-11-2-8-14(9-3-11)19-15(22)10-24-17-21-20-16(23-17)12-4-6-13(18)7-5-12/h2-9H,10H2,1H3,(H,19,22). The van der Waals surface area contributed by atoms with Crippen LogP contribution >= 0.6 is 27.7 Å². The molecule has 1 aromatic heterocycles. The van der Waals surface area contributed by atoms with Gasteiger partial charge in [-0.25, -0.2) is 0 Å². The maximum Gasteiger partial charge on any atom is 0.277 e. The zero-order valence-corrected chi connectivity index (χ0v) is 15.2. The molecule has 3 rings (SSSR count). The van der Waals surface area contributed by atoms with Gasteiger partial charge in [-0.2, -0.15) is 0 Å². The Morgan fingerprint density at radius 1 is 1.12 bits per heavy atom. The molecule has 0 spiro atoms. The van der Waals surface area contributed by atoms with Crippen LogP contribution in [-0.2, 0) is 4.79 Å². The number of amides is 1. The number of carbonyl (C=O) groups excluding carboxylic acids is 1. The van der Waals surface area contributed by atoms with Gasteiger partial charge >= 0.3 is 0 Å². The van der Waals surface area contributed by atoms with Gasteiger partial charge in [0, 0.05) is 15.7 Å². The van der Waals surface area contributed by atoms with Gasteiger partial charge in [0.15, 0.2) is 0 Å². The number of carbonyl (C=O) groups is 1. The van der Waals surface area contributed by atoms with Gasteiger partial charge in [0.05, 0.1) is 5.75 Å². The van der Waals surface area contributed by atoms with Crippen LogP contribution in [0.3, 0.4) is 0 Å².